The molecule has 0 unspecified atom stereocenters. The summed E-state index contributed by atoms with van der Waals surface area (Å²) in [5.41, 5.74) is 0. The molecule has 1 rings (SSSR count). The summed E-state index contributed by atoms with van der Waals surface area (Å²) < 4.78 is 35.5. The molecular weight excluding hydrogens is 281 g/mol. The first kappa shape index (κ1) is 9.01. The summed E-state index contributed by atoms with van der Waals surface area (Å²) in [6.07, 6.45) is 0. The van der Waals surface area contributed by atoms with Crippen LogP contribution in [0.3, 0.4) is 0 Å². The maximum atomic E-state index is 12.8. The summed E-state index contributed by atoms with van der Waals surface area (Å²) in [5, 5.41) is 0. The van der Waals surface area contributed by atoms with E-state index in [9.17, 15) is 12.5 Å². The number of hydrogen-bond donors (Lipinski definition) is 0. The quantitative estimate of drug-likeness (QED) is 0.562. The van der Waals surface area contributed by atoms with Crippen LogP contribution in [0.5, 0.6) is 0 Å². The predicted molar refractivity (Wildman–Crippen MR) is 40.1 cm³/mol. The van der Waals surface area contributed by atoms with Gasteiger partial charge in [0.05, 0.1) is 0 Å². The molecular formula is C6H2AsBrF2O. The summed E-state index contributed by atoms with van der Waals surface area (Å²) in [4.78, 5) is 0. The van der Waals surface area contributed by atoms with Crippen molar-refractivity contribution in [3.05, 3.63) is 28.2 Å². The molecule has 0 saturated heterocycles. The molecule has 0 amide bonds. The van der Waals surface area contributed by atoms with Crippen LogP contribution in [0, 0.1) is 11.6 Å². The van der Waals surface area contributed by atoms with E-state index in [2.05, 4.69) is 15.9 Å². The summed E-state index contributed by atoms with van der Waals surface area (Å²) in [7, 11) is 0. The Balaban J connectivity index is 3.36. The summed E-state index contributed by atoms with van der Waals surface area (Å²) in [6, 6.07) is 2.26. The molecule has 58 valence electrons. The Morgan fingerprint density at radius 1 is 1.36 bits per heavy atom. The van der Waals surface area contributed by atoms with Crippen molar-refractivity contribution >= 4 is 36.0 Å². The van der Waals surface area contributed by atoms with Gasteiger partial charge in [0.2, 0.25) is 0 Å². The summed E-state index contributed by atoms with van der Waals surface area (Å²) >= 11 is 1.26. The van der Waals surface area contributed by atoms with Crippen molar-refractivity contribution in [3.8, 4) is 0 Å². The van der Waals surface area contributed by atoms with E-state index in [0.717, 1.165) is 6.07 Å². The Bertz CT molecular complexity index is 303. The van der Waals surface area contributed by atoms with Crippen LogP contribution in [0.1, 0.15) is 0 Å². The minimum absolute atomic E-state index is 0.0644. The second-order valence-electron chi connectivity index (χ2n) is 1.79. The second-order valence-corrected chi connectivity index (χ2v) is 3.97. The molecule has 0 atom stereocenters. The molecule has 5 heteroatoms. The van der Waals surface area contributed by atoms with E-state index in [0.29, 0.717) is 0 Å². The van der Waals surface area contributed by atoms with Gasteiger partial charge in [-0.2, -0.15) is 0 Å². The zero-order valence-corrected chi connectivity index (χ0v) is 8.61. The molecule has 11 heavy (non-hydrogen) atoms. The topological polar surface area (TPSA) is 17.1 Å². The molecule has 0 bridgehead atoms. The van der Waals surface area contributed by atoms with E-state index in [-0.39, 0.29) is 8.82 Å². The van der Waals surface area contributed by atoms with Gasteiger partial charge in [-0.05, 0) is 0 Å². The SMILES string of the molecule is O=[As]c1ccc(F)c(Br)c1F. The molecule has 0 aliphatic carbocycles. The first-order valence-corrected chi connectivity index (χ1v) is 5.13. The average molecular weight is 283 g/mol. The fourth-order valence-electron chi connectivity index (χ4n) is 0.586. The van der Waals surface area contributed by atoms with Gasteiger partial charge in [-0.1, -0.05) is 0 Å². The number of rotatable bonds is 1. The van der Waals surface area contributed by atoms with Crippen LogP contribution in [-0.2, 0) is 3.74 Å². The van der Waals surface area contributed by atoms with E-state index in [1.807, 2.05) is 0 Å². The van der Waals surface area contributed by atoms with E-state index >= 15 is 0 Å². The first-order valence-electron chi connectivity index (χ1n) is 2.63. The molecule has 0 N–H and O–H groups in total. The van der Waals surface area contributed by atoms with Crippen LogP contribution in [0.4, 0.5) is 8.78 Å². The molecule has 1 nitrogen and oxygen atoms in total. The van der Waals surface area contributed by atoms with Gasteiger partial charge in [-0.15, -0.1) is 0 Å². The standard InChI is InChI=1S/C6H2AsBrF2O/c8-5-4(9)2-1-3(7-11)6(5)10/h1-2H. The van der Waals surface area contributed by atoms with Gasteiger partial charge in [0.15, 0.2) is 0 Å². The third-order valence-electron chi connectivity index (χ3n) is 1.11. The van der Waals surface area contributed by atoms with Crippen molar-refractivity contribution in [2.75, 3.05) is 0 Å². The summed E-state index contributed by atoms with van der Waals surface area (Å²) in [6.45, 7) is 0. The zero-order valence-electron chi connectivity index (χ0n) is 5.14. The maximum absolute atomic E-state index is 12.8. The van der Waals surface area contributed by atoms with Gasteiger partial charge < -0.3 is 0 Å². The van der Waals surface area contributed by atoms with E-state index in [1.165, 1.54) is 6.07 Å². The van der Waals surface area contributed by atoms with Crippen molar-refractivity contribution in [1.29, 1.82) is 0 Å². The number of benzene rings is 1. The Kier molecular flexibility index (Phi) is 2.90. The van der Waals surface area contributed by atoms with Gasteiger partial charge >= 0.3 is 76.7 Å². The third-order valence-corrected chi connectivity index (χ3v) is 2.98. The molecule has 0 spiro atoms. The van der Waals surface area contributed by atoms with Crippen LogP contribution < -0.4 is 4.35 Å². The fraction of sp³-hybridized carbons (Fsp3) is 0. The van der Waals surface area contributed by atoms with Crippen LogP contribution in [-0.4, -0.2) is 15.7 Å². The summed E-state index contributed by atoms with van der Waals surface area (Å²) in [5.74, 6) is -1.44. The molecule has 0 heterocycles. The minimum atomic E-state index is -1.43. The normalized spacial score (nSPS) is 10.5. The van der Waals surface area contributed by atoms with Crippen molar-refractivity contribution in [2.45, 2.75) is 0 Å². The molecule has 0 fully saturated rings. The molecule has 1 aromatic rings. The molecule has 0 aromatic heterocycles. The molecule has 0 aliphatic rings. The van der Waals surface area contributed by atoms with E-state index in [4.69, 9.17) is 0 Å². The predicted octanol–water partition coefficient (Wildman–Crippen LogP) is 1.40. The Morgan fingerprint density at radius 3 is 2.55 bits per heavy atom. The number of hydrogen-bond acceptors (Lipinski definition) is 1. The zero-order chi connectivity index (χ0) is 8.43. The monoisotopic (exact) mass is 282 g/mol. The Morgan fingerprint density at radius 2 is 2.00 bits per heavy atom. The number of halogens is 3. The molecule has 0 saturated carbocycles. The van der Waals surface area contributed by atoms with Gasteiger partial charge in [-0.25, -0.2) is 0 Å². The van der Waals surface area contributed by atoms with Crippen LogP contribution in [0.2, 0.25) is 0 Å². The van der Waals surface area contributed by atoms with Crippen molar-refractivity contribution in [2.24, 2.45) is 0 Å². The Labute approximate surface area is 76.8 Å². The van der Waals surface area contributed by atoms with E-state index < -0.39 is 27.3 Å². The van der Waals surface area contributed by atoms with Crippen LogP contribution in [0.15, 0.2) is 16.6 Å². The van der Waals surface area contributed by atoms with E-state index in [1.54, 1.807) is 0 Å². The molecule has 1 aromatic carbocycles. The van der Waals surface area contributed by atoms with Gasteiger partial charge in [-0.3, -0.25) is 0 Å². The van der Waals surface area contributed by atoms with Gasteiger partial charge in [0, 0.05) is 0 Å². The Hall–Kier alpha value is -0.0816. The van der Waals surface area contributed by atoms with Crippen molar-refractivity contribution < 1.29 is 12.5 Å². The van der Waals surface area contributed by atoms with Gasteiger partial charge in [0.1, 0.15) is 0 Å². The van der Waals surface area contributed by atoms with Crippen LogP contribution >= 0.6 is 15.9 Å². The molecule has 0 radical (unpaired) electrons. The van der Waals surface area contributed by atoms with Crippen molar-refractivity contribution in [3.63, 3.8) is 0 Å². The van der Waals surface area contributed by atoms with Crippen LogP contribution in [0.25, 0.3) is 0 Å². The molecule has 0 aliphatic heterocycles. The first-order chi connectivity index (χ1) is 5.16. The van der Waals surface area contributed by atoms with Gasteiger partial charge in [0.25, 0.3) is 0 Å². The average Bonchev–Trinajstić information content (AvgIpc) is 2.01. The van der Waals surface area contributed by atoms with Crippen molar-refractivity contribution in [1.82, 2.24) is 0 Å². The third kappa shape index (κ3) is 1.74. The fourth-order valence-corrected chi connectivity index (χ4v) is 1.95. The second kappa shape index (κ2) is 3.54.